The van der Waals surface area contributed by atoms with Crippen LogP contribution in [0.25, 0.3) is 5.65 Å². The van der Waals surface area contributed by atoms with E-state index < -0.39 is 29.4 Å². The number of fused-ring (bicyclic) bond motifs is 1. The Morgan fingerprint density at radius 2 is 1.88 bits per heavy atom. The number of amides is 2. The van der Waals surface area contributed by atoms with Gasteiger partial charge in [0.2, 0.25) is 0 Å². The van der Waals surface area contributed by atoms with Gasteiger partial charge in [0.15, 0.2) is 11.3 Å². The average molecular weight is 496 g/mol. The molecule has 0 aliphatic heterocycles. The maximum Gasteiger partial charge on any atom is 0.433 e. The first-order valence-electron chi connectivity index (χ1n) is 9.68. The van der Waals surface area contributed by atoms with E-state index in [4.69, 9.17) is 11.6 Å². The van der Waals surface area contributed by atoms with Gasteiger partial charge in [0.05, 0.1) is 18.1 Å². The summed E-state index contributed by atoms with van der Waals surface area (Å²) >= 11 is 6.16. The van der Waals surface area contributed by atoms with E-state index in [-0.39, 0.29) is 34.3 Å². The third-order valence-corrected chi connectivity index (χ3v) is 5.13. The molecule has 0 aliphatic carbocycles. The molecule has 0 saturated heterocycles. The standard InChI is InChI=1S/C19H17ClF3N9O2/c1-9-4-12(19(21,22)23)32-16(27-9)13(20)14(29-32)17(33)28-11-7-26-31(3)15(11)18(34)24-5-10-6-25-30(2)8-10/h4,6-8H,5H2,1-3H3,(H,24,34)(H,28,33). The number of hydrogen-bond donors (Lipinski definition) is 2. The Labute approximate surface area is 194 Å². The Morgan fingerprint density at radius 3 is 2.53 bits per heavy atom. The number of nitrogens with one attached hydrogen (secondary N) is 2. The predicted molar refractivity (Wildman–Crippen MR) is 113 cm³/mol. The number of halogens is 4. The van der Waals surface area contributed by atoms with Crippen molar-refractivity contribution in [1.82, 2.24) is 39.5 Å². The number of carbonyl (C=O) groups excluding carboxylic acids is 2. The fourth-order valence-corrected chi connectivity index (χ4v) is 3.51. The van der Waals surface area contributed by atoms with E-state index in [0.29, 0.717) is 4.52 Å². The number of aromatic nitrogens is 7. The normalized spacial score (nSPS) is 11.7. The van der Waals surface area contributed by atoms with Crippen molar-refractivity contribution in [3.63, 3.8) is 0 Å². The Balaban J connectivity index is 1.61. The first-order valence-corrected chi connectivity index (χ1v) is 10.1. The van der Waals surface area contributed by atoms with Crippen molar-refractivity contribution < 1.29 is 22.8 Å². The second kappa shape index (κ2) is 8.44. The number of rotatable bonds is 5. The van der Waals surface area contributed by atoms with Crippen molar-refractivity contribution in [3.05, 3.63) is 58.0 Å². The van der Waals surface area contributed by atoms with Gasteiger partial charge in [0.25, 0.3) is 11.8 Å². The van der Waals surface area contributed by atoms with Crippen LogP contribution in [-0.2, 0) is 26.8 Å². The molecular weight excluding hydrogens is 479 g/mol. The van der Waals surface area contributed by atoms with E-state index >= 15 is 0 Å². The molecule has 11 nitrogen and oxygen atoms in total. The fraction of sp³-hybridized carbons (Fsp3) is 0.263. The molecule has 4 rings (SSSR count). The zero-order chi connectivity index (χ0) is 24.8. The number of anilines is 1. The number of nitrogens with zero attached hydrogens (tertiary/aromatic N) is 7. The highest BCUT2D eigenvalue weighted by Crippen LogP contribution is 2.32. The van der Waals surface area contributed by atoms with Crippen molar-refractivity contribution in [1.29, 1.82) is 0 Å². The van der Waals surface area contributed by atoms with Crippen LogP contribution in [0.4, 0.5) is 18.9 Å². The van der Waals surface area contributed by atoms with Crippen molar-refractivity contribution >= 4 is 34.7 Å². The Bertz CT molecular complexity index is 1420. The Hall–Kier alpha value is -3.94. The molecule has 0 atom stereocenters. The summed E-state index contributed by atoms with van der Waals surface area (Å²) in [4.78, 5) is 29.5. The predicted octanol–water partition coefficient (Wildman–Crippen LogP) is 2.36. The molecule has 0 bridgehead atoms. The lowest BCUT2D eigenvalue weighted by atomic mass is 10.3. The van der Waals surface area contributed by atoms with Crippen LogP contribution in [-0.4, -0.2) is 46.0 Å². The summed E-state index contributed by atoms with van der Waals surface area (Å²) in [6.45, 7) is 1.54. The smallest absolute Gasteiger partial charge is 0.346 e. The summed E-state index contributed by atoms with van der Waals surface area (Å²) in [6, 6.07) is 0.795. The lowest BCUT2D eigenvalue weighted by Gasteiger charge is -2.09. The number of aryl methyl sites for hydroxylation is 3. The van der Waals surface area contributed by atoms with Gasteiger partial charge in [-0.05, 0) is 13.0 Å². The highest BCUT2D eigenvalue weighted by Gasteiger charge is 2.36. The van der Waals surface area contributed by atoms with Gasteiger partial charge in [-0.15, -0.1) is 0 Å². The third kappa shape index (κ3) is 4.31. The van der Waals surface area contributed by atoms with E-state index in [9.17, 15) is 22.8 Å². The monoisotopic (exact) mass is 495 g/mol. The van der Waals surface area contributed by atoms with Crippen LogP contribution in [0, 0.1) is 6.92 Å². The van der Waals surface area contributed by atoms with Crippen LogP contribution in [0.2, 0.25) is 5.02 Å². The first-order chi connectivity index (χ1) is 16.0. The molecule has 0 saturated carbocycles. The van der Waals surface area contributed by atoms with E-state index in [1.165, 1.54) is 24.9 Å². The zero-order valence-corrected chi connectivity index (χ0v) is 18.7. The molecule has 0 unspecified atom stereocenters. The highest BCUT2D eigenvalue weighted by atomic mass is 35.5. The van der Waals surface area contributed by atoms with Crippen LogP contribution in [0.5, 0.6) is 0 Å². The summed E-state index contributed by atoms with van der Waals surface area (Å²) < 4.78 is 43.6. The van der Waals surface area contributed by atoms with Crippen LogP contribution in [0.1, 0.15) is 37.9 Å². The summed E-state index contributed by atoms with van der Waals surface area (Å²) in [5, 5.41) is 16.5. The van der Waals surface area contributed by atoms with Crippen molar-refractivity contribution in [2.24, 2.45) is 14.1 Å². The van der Waals surface area contributed by atoms with Gasteiger partial charge in [0, 0.05) is 38.1 Å². The van der Waals surface area contributed by atoms with Gasteiger partial charge >= 0.3 is 6.18 Å². The maximum absolute atomic E-state index is 13.4. The molecule has 4 aromatic rings. The van der Waals surface area contributed by atoms with Crippen LogP contribution >= 0.6 is 11.6 Å². The number of hydrogen-bond acceptors (Lipinski definition) is 6. The quantitative estimate of drug-likeness (QED) is 0.438. The van der Waals surface area contributed by atoms with E-state index in [1.54, 1.807) is 24.1 Å². The van der Waals surface area contributed by atoms with Gasteiger partial charge in [-0.1, -0.05) is 11.6 Å². The summed E-state index contributed by atoms with van der Waals surface area (Å²) in [6.07, 6.45) is -0.215. The molecule has 4 aromatic heterocycles. The molecule has 15 heteroatoms. The van der Waals surface area contributed by atoms with Gasteiger partial charge in [-0.2, -0.15) is 28.5 Å². The van der Waals surface area contributed by atoms with Crippen molar-refractivity contribution in [3.8, 4) is 0 Å². The fourth-order valence-electron chi connectivity index (χ4n) is 3.27. The SMILES string of the molecule is Cc1cc(C(F)(F)F)n2nc(C(=O)Nc3cnn(C)c3C(=O)NCc3cnn(C)c3)c(Cl)c2n1. The average Bonchev–Trinajstić information content (AvgIpc) is 3.43. The topological polar surface area (TPSA) is 124 Å². The molecule has 0 aliphatic rings. The van der Waals surface area contributed by atoms with Crippen LogP contribution in [0.15, 0.2) is 24.7 Å². The highest BCUT2D eigenvalue weighted by molar-refractivity contribution is 6.37. The molecule has 34 heavy (non-hydrogen) atoms. The van der Waals surface area contributed by atoms with Crippen molar-refractivity contribution in [2.75, 3.05) is 5.32 Å². The molecule has 4 heterocycles. The van der Waals surface area contributed by atoms with Crippen LogP contribution < -0.4 is 10.6 Å². The van der Waals surface area contributed by atoms with E-state index in [0.717, 1.165) is 11.6 Å². The largest absolute Gasteiger partial charge is 0.433 e. The second-order valence-electron chi connectivity index (χ2n) is 7.37. The van der Waals surface area contributed by atoms with Gasteiger partial charge < -0.3 is 10.6 Å². The molecule has 0 spiro atoms. The van der Waals surface area contributed by atoms with Gasteiger partial charge in [0.1, 0.15) is 16.4 Å². The van der Waals surface area contributed by atoms with Gasteiger partial charge in [-0.3, -0.25) is 19.0 Å². The van der Waals surface area contributed by atoms with Crippen molar-refractivity contribution in [2.45, 2.75) is 19.6 Å². The maximum atomic E-state index is 13.4. The molecule has 0 fully saturated rings. The van der Waals surface area contributed by atoms with E-state index in [2.05, 4.69) is 30.9 Å². The molecule has 0 radical (unpaired) electrons. The molecule has 2 amide bonds. The lowest BCUT2D eigenvalue weighted by Crippen LogP contribution is -2.26. The summed E-state index contributed by atoms with van der Waals surface area (Å²) in [5.74, 6) is -1.48. The zero-order valence-electron chi connectivity index (χ0n) is 18.0. The molecular formula is C19H17ClF3N9O2. The molecule has 178 valence electrons. The Kier molecular flexibility index (Phi) is 5.77. The first kappa shape index (κ1) is 23.2. The molecule has 0 aromatic carbocycles. The lowest BCUT2D eigenvalue weighted by molar-refractivity contribution is -0.142. The minimum absolute atomic E-state index is 0.0158. The number of carbonyl (C=O) groups is 2. The third-order valence-electron chi connectivity index (χ3n) is 4.78. The minimum Gasteiger partial charge on any atom is -0.346 e. The molecule has 2 N–H and O–H groups in total. The van der Waals surface area contributed by atoms with E-state index in [1.807, 2.05) is 0 Å². The Morgan fingerprint density at radius 1 is 1.15 bits per heavy atom. The van der Waals surface area contributed by atoms with Crippen LogP contribution in [0.3, 0.4) is 0 Å². The van der Waals surface area contributed by atoms with Gasteiger partial charge in [-0.25, -0.2) is 9.50 Å². The minimum atomic E-state index is -4.75. The summed E-state index contributed by atoms with van der Waals surface area (Å²) in [5.41, 5.74) is -1.10. The number of alkyl halides is 3. The second-order valence-corrected chi connectivity index (χ2v) is 7.75. The summed E-state index contributed by atoms with van der Waals surface area (Å²) in [7, 11) is 3.23.